The summed E-state index contributed by atoms with van der Waals surface area (Å²) in [6, 6.07) is 3.19. The lowest BCUT2D eigenvalue weighted by Gasteiger charge is -2.11. The second kappa shape index (κ2) is 8.79. The maximum Gasteiger partial charge on any atom is 0.239 e. The van der Waals surface area contributed by atoms with Crippen LogP contribution in [0.5, 0.6) is 0 Å². The highest BCUT2D eigenvalue weighted by Crippen LogP contribution is 2.11. The molecule has 108 valence electrons. The molecule has 0 aliphatic carbocycles. The molecule has 0 aliphatic heterocycles. The second-order valence-corrected chi connectivity index (χ2v) is 3.82. The largest absolute Gasteiger partial charge is 0.383 e. The monoisotopic (exact) mass is 294 g/mol. The Labute approximate surface area is 116 Å². The third-order valence-electron chi connectivity index (χ3n) is 2.41. The first-order chi connectivity index (χ1) is 8.56. The summed E-state index contributed by atoms with van der Waals surface area (Å²) in [5.74, 6) is -2.16. The third-order valence-corrected chi connectivity index (χ3v) is 2.41. The topological polar surface area (TPSA) is 64.3 Å². The predicted octanol–water partition coefficient (Wildman–Crippen LogP) is 1.02. The van der Waals surface area contributed by atoms with Crippen LogP contribution in [-0.2, 0) is 16.0 Å². The Hall–Kier alpha value is -1.24. The van der Waals surface area contributed by atoms with E-state index in [4.69, 9.17) is 10.5 Å². The van der Waals surface area contributed by atoms with Gasteiger partial charge in [-0.25, -0.2) is 8.78 Å². The summed E-state index contributed by atoms with van der Waals surface area (Å²) in [5, 5.41) is 2.53. The molecule has 0 fully saturated rings. The molecule has 0 aromatic heterocycles. The predicted molar refractivity (Wildman–Crippen MR) is 70.2 cm³/mol. The van der Waals surface area contributed by atoms with Gasteiger partial charge >= 0.3 is 0 Å². The second-order valence-electron chi connectivity index (χ2n) is 3.82. The Balaban J connectivity index is 0.00000324. The van der Waals surface area contributed by atoms with E-state index in [9.17, 15) is 13.6 Å². The molecule has 0 aliphatic rings. The molecule has 19 heavy (non-hydrogen) atoms. The number of nitrogens with two attached hydrogens (primary N) is 1. The van der Waals surface area contributed by atoms with Crippen molar-refractivity contribution >= 4 is 18.3 Å². The van der Waals surface area contributed by atoms with Crippen molar-refractivity contribution in [1.29, 1.82) is 0 Å². The first-order valence-electron chi connectivity index (χ1n) is 5.51. The standard InChI is InChI=1S/C12H16F2N2O2.ClH/c1-18-7-10(15)12(17)16-6-5-8-3-2-4-9(13)11(8)14;/h2-4,10H,5-7,15H2,1H3,(H,16,17);1H. The molecular formula is C12H17ClF2N2O2. The zero-order valence-electron chi connectivity index (χ0n) is 10.5. The summed E-state index contributed by atoms with van der Waals surface area (Å²) in [4.78, 5) is 11.4. The van der Waals surface area contributed by atoms with Crippen LogP contribution < -0.4 is 11.1 Å². The van der Waals surface area contributed by atoms with E-state index in [0.717, 1.165) is 6.07 Å². The van der Waals surface area contributed by atoms with Crippen LogP contribution in [0.2, 0.25) is 0 Å². The molecular weight excluding hydrogens is 278 g/mol. The molecule has 4 nitrogen and oxygen atoms in total. The lowest BCUT2D eigenvalue weighted by atomic mass is 10.1. The van der Waals surface area contributed by atoms with Crippen LogP contribution in [0.15, 0.2) is 18.2 Å². The van der Waals surface area contributed by atoms with Crippen molar-refractivity contribution in [1.82, 2.24) is 5.32 Å². The lowest BCUT2D eigenvalue weighted by molar-refractivity contribution is -0.123. The summed E-state index contributed by atoms with van der Waals surface area (Å²) in [7, 11) is 1.44. The van der Waals surface area contributed by atoms with Gasteiger partial charge in [-0.15, -0.1) is 12.4 Å². The van der Waals surface area contributed by atoms with Gasteiger partial charge in [0.15, 0.2) is 11.6 Å². The Morgan fingerprint density at radius 1 is 1.47 bits per heavy atom. The zero-order valence-corrected chi connectivity index (χ0v) is 11.3. The highest BCUT2D eigenvalue weighted by atomic mass is 35.5. The van der Waals surface area contributed by atoms with Crippen LogP contribution in [0.1, 0.15) is 5.56 Å². The van der Waals surface area contributed by atoms with Crippen LogP contribution in [0.25, 0.3) is 0 Å². The van der Waals surface area contributed by atoms with Crippen LogP contribution in [0.3, 0.4) is 0 Å². The van der Waals surface area contributed by atoms with Crippen molar-refractivity contribution < 1.29 is 18.3 Å². The van der Waals surface area contributed by atoms with E-state index in [1.807, 2.05) is 0 Å². The van der Waals surface area contributed by atoms with E-state index in [1.54, 1.807) is 0 Å². The van der Waals surface area contributed by atoms with Gasteiger partial charge in [0.1, 0.15) is 6.04 Å². The van der Waals surface area contributed by atoms with Crippen molar-refractivity contribution in [2.45, 2.75) is 12.5 Å². The fourth-order valence-corrected chi connectivity index (χ4v) is 1.45. The number of hydrogen-bond acceptors (Lipinski definition) is 3. The molecule has 0 heterocycles. The number of benzene rings is 1. The number of rotatable bonds is 6. The highest BCUT2D eigenvalue weighted by Gasteiger charge is 2.13. The number of carbonyl (C=O) groups excluding carboxylic acids is 1. The van der Waals surface area contributed by atoms with E-state index < -0.39 is 17.7 Å². The Morgan fingerprint density at radius 3 is 2.79 bits per heavy atom. The summed E-state index contributed by atoms with van der Waals surface area (Å²) < 4.78 is 30.9. The number of methoxy groups -OCH3 is 1. The maximum absolute atomic E-state index is 13.3. The van der Waals surface area contributed by atoms with E-state index in [-0.39, 0.29) is 43.5 Å². The molecule has 0 spiro atoms. The molecule has 3 N–H and O–H groups in total. The van der Waals surface area contributed by atoms with E-state index >= 15 is 0 Å². The van der Waals surface area contributed by atoms with Crippen molar-refractivity contribution in [3.63, 3.8) is 0 Å². The van der Waals surface area contributed by atoms with Crippen LogP contribution in [-0.4, -0.2) is 32.2 Å². The number of amides is 1. The van der Waals surface area contributed by atoms with Gasteiger partial charge in [0.2, 0.25) is 5.91 Å². The minimum Gasteiger partial charge on any atom is -0.383 e. The maximum atomic E-state index is 13.3. The van der Waals surface area contributed by atoms with Crippen molar-refractivity contribution in [3.05, 3.63) is 35.4 Å². The Kier molecular flexibility index (Phi) is 8.22. The van der Waals surface area contributed by atoms with Gasteiger partial charge in [0, 0.05) is 13.7 Å². The summed E-state index contributed by atoms with van der Waals surface area (Å²) in [6.45, 7) is 0.302. The van der Waals surface area contributed by atoms with Crippen molar-refractivity contribution in [3.8, 4) is 0 Å². The molecule has 1 amide bonds. The van der Waals surface area contributed by atoms with Gasteiger partial charge < -0.3 is 15.8 Å². The summed E-state index contributed by atoms with van der Waals surface area (Å²) in [6.07, 6.45) is 0.203. The van der Waals surface area contributed by atoms with Gasteiger partial charge in [-0.05, 0) is 18.1 Å². The van der Waals surface area contributed by atoms with E-state index in [1.165, 1.54) is 19.2 Å². The molecule has 1 aromatic rings. The average Bonchev–Trinajstić information content (AvgIpc) is 2.34. The number of halogens is 3. The molecule has 0 bridgehead atoms. The van der Waals surface area contributed by atoms with Crippen LogP contribution in [0, 0.1) is 11.6 Å². The average molecular weight is 295 g/mol. The number of ether oxygens (including phenoxy) is 1. The fourth-order valence-electron chi connectivity index (χ4n) is 1.45. The van der Waals surface area contributed by atoms with Gasteiger partial charge in [0.05, 0.1) is 6.61 Å². The van der Waals surface area contributed by atoms with Gasteiger partial charge in [-0.3, -0.25) is 4.79 Å². The molecule has 0 saturated carbocycles. The van der Waals surface area contributed by atoms with E-state index in [0.29, 0.717) is 0 Å². The van der Waals surface area contributed by atoms with Gasteiger partial charge in [-0.2, -0.15) is 0 Å². The molecule has 1 unspecified atom stereocenters. The minimum atomic E-state index is -0.894. The molecule has 1 atom stereocenters. The summed E-state index contributed by atoms with van der Waals surface area (Å²) in [5.41, 5.74) is 5.71. The first kappa shape index (κ1) is 17.8. The van der Waals surface area contributed by atoms with E-state index in [2.05, 4.69) is 5.32 Å². The van der Waals surface area contributed by atoms with Gasteiger partial charge in [0.25, 0.3) is 0 Å². The number of hydrogen-bond donors (Lipinski definition) is 2. The number of carbonyl (C=O) groups is 1. The minimum absolute atomic E-state index is 0. The molecule has 1 aromatic carbocycles. The van der Waals surface area contributed by atoms with Crippen LogP contribution in [0.4, 0.5) is 8.78 Å². The molecule has 7 heteroatoms. The van der Waals surface area contributed by atoms with Crippen LogP contribution >= 0.6 is 12.4 Å². The van der Waals surface area contributed by atoms with Crippen molar-refractivity contribution in [2.75, 3.05) is 20.3 Å². The normalized spacial score (nSPS) is 11.6. The Morgan fingerprint density at radius 2 is 2.16 bits per heavy atom. The highest BCUT2D eigenvalue weighted by molar-refractivity contribution is 5.85. The molecule has 0 radical (unpaired) electrons. The fraction of sp³-hybridized carbons (Fsp3) is 0.417. The third kappa shape index (κ3) is 5.50. The number of nitrogens with one attached hydrogen (secondary N) is 1. The molecule has 0 saturated heterocycles. The first-order valence-corrected chi connectivity index (χ1v) is 5.51. The quantitative estimate of drug-likeness (QED) is 0.823. The SMILES string of the molecule is COCC(N)C(=O)NCCc1cccc(F)c1F.Cl. The zero-order chi connectivity index (χ0) is 13.5. The summed E-state index contributed by atoms with van der Waals surface area (Å²) >= 11 is 0. The van der Waals surface area contributed by atoms with Crippen molar-refractivity contribution in [2.24, 2.45) is 5.73 Å². The molecule has 1 rings (SSSR count). The van der Waals surface area contributed by atoms with Gasteiger partial charge in [-0.1, -0.05) is 12.1 Å². The smallest absolute Gasteiger partial charge is 0.239 e. The lowest BCUT2D eigenvalue weighted by Crippen LogP contribution is -2.44. The Bertz CT molecular complexity index is 419.